The molecule has 0 atom stereocenters. The number of fused-ring (bicyclic) bond motifs is 1. The number of likely N-dealkylation sites (N-methyl/N-ethyl adjacent to an activating group) is 1. The summed E-state index contributed by atoms with van der Waals surface area (Å²) < 4.78 is 12.2. The van der Waals surface area contributed by atoms with E-state index in [-0.39, 0.29) is 18.0 Å². The molecule has 0 saturated heterocycles. The van der Waals surface area contributed by atoms with Crippen LogP contribution in [0.5, 0.6) is 11.5 Å². The number of carbonyl (C=O) groups excluding carboxylic acids is 1. The summed E-state index contributed by atoms with van der Waals surface area (Å²) in [6, 6.07) is 13.0. The highest BCUT2D eigenvalue weighted by molar-refractivity contribution is 5.89. The molecule has 30 heavy (non-hydrogen) atoms. The molecule has 0 aliphatic carbocycles. The maximum Gasteiger partial charge on any atom is 0.259 e. The van der Waals surface area contributed by atoms with Crippen molar-refractivity contribution in [2.45, 2.75) is 27.3 Å². The number of ether oxygens (including phenoxy) is 2. The van der Waals surface area contributed by atoms with Crippen molar-refractivity contribution in [2.75, 3.05) is 27.3 Å². The summed E-state index contributed by atoms with van der Waals surface area (Å²) >= 11 is 0. The minimum absolute atomic E-state index is 0.0202. The van der Waals surface area contributed by atoms with E-state index < -0.39 is 0 Å². The van der Waals surface area contributed by atoms with Gasteiger partial charge in [0.2, 0.25) is 5.91 Å². The predicted molar refractivity (Wildman–Crippen MR) is 119 cm³/mol. The molecule has 0 N–H and O–H groups in total. The van der Waals surface area contributed by atoms with Gasteiger partial charge in [-0.15, -0.1) is 0 Å². The summed E-state index contributed by atoms with van der Waals surface area (Å²) in [6.07, 6.45) is 0. The lowest BCUT2D eigenvalue weighted by molar-refractivity contribution is -0.131. The second-order valence-corrected chi connectivity index (χ2v) is 7.12. The minimum Gasteiger partial charge on any atom is -0.497 e. The Morgan fingerprint density at radius 1 is 0.967 bits per heavy atom. The number of hydrogen-bond donors (Lipinski definition) is 0. The van der Waals surface area contributed by atoms with Crippen molar-refractivity contribution in [2.24, 2.45) is 0 Å². The molecule has 6 nitrogen and oxygen atoms in total. The van der Waals surface area contributed by atoms with E-state index >= 15 is 0 Å². The van der Waals surface area contributed by atoms with Crippen LogP contribution in [0.25, 0.3) is 22.0 Å². The molecule has 0 bridgehead atoms. The van der Waals surface area contributed by atoms with Gasteiger partial charge < -0.3 is 14.4 Å². The molecule has 6 heteroatoms. The van der Waals surface area contributed by atoms with Crippen LogP contribution < -0.4 is 15.0 Å². The summed E-state index contributed by atoms with van der Waals surface area (Å²) in [5.74, 6) is 1.29. The molecule has 0 fully saturated rings. The maximum absolute atomic E-state index is 13.5. The molecule has 0 radical (unpaired) electrons. The fraction of sp³-hybridized carbons (Fsp3) is 0.333. The summed E-state index contributed by atoms with van der Waals surface area (Å²) in [5, 5.41) is 0.911. The number of aromatic nitrogens is 1. The van der Waals surface area contributed by atoms with Crippen LogP contribution in [0.1, 0.15) is 19.4 Å². The van der Waals surface area contributed by atoms with E-state index in [2.05, 4.69) is 0 Å². The maximum atomic E-state index is 13.5. The number of methoxy groups -OCH3 is 2. The quantitative estimate of drug-likeness (QED) is 0.596. The van der Waals surface area contributed by atoms with Crippen LogP contribution >= 0.6 is 0 Å². The third-order valence-electron chi connectivity index (χ3n) is 5.44. The van der Waals surface area contributed by atoms with E-state index in [0.29, 0.717) is 29.9 Å². The Morgan fingerprint density at radius 2 is 1.60 bits per heavy atom. The van der Waals surface area contributed by atoms with Gasteiger partial charge in [0, 0.05) is 30.1 Å². The lowest BCUT2D eigenvalue weighted by atomic mass is 10.0. The minimum atomic E-state index is -0.208. The number of benzene rings is 2. The van der Waals surface area contributed by atoms with Gasteiger partial charge in [-0.25, -0.2) is 0 Å². The first-order valence-electron chi connectivity index (χ1n) is 10.1. The molecule has 1 aromatic heterocycles. The number of rotatable bonds is 7. The highest BCUT2D eigenvalue weighted by Crippen LogP contribution is 2.28. The zero-order valence-corrected chi connectivity index (χ0v) is 18.2. The van der Waals surface area contributed by atoms with E-state index in [1.54, 1.807) is 23.7 Å². The summed E-state index contributed by atoms with van der Waals surface area (Å²) in [6.45, 7) is 7.02. The number of hydrogen-bond acceptors (Lipinski definition) is 4. The van der Waals surface area contributed by atoms with Gasteiger partial charge >= 0.3 is 0 Å². The van der Waals surface area contributed by atoms with Gasteiger partial charge in [0.1, 0.15) is 18.0 Å². The van der Waals surface area contributed by atoms with Crippen LogP contribution in [-0.2, 0) is 11.3 Å². The lowest BCUT2D eigenvalue weighted by Gasteiger charge is -2.21. The summed E-state index contributed by atoms with van der Waals surface area (Å²) in [4.78, 5) is 28.1. The van der Waals surface area contributed by atoms with Crippen molar-refractivity contribution in [1.29, 1.82) is 0 Å². The first kappa shape index (κ1) is 21.4. The lowest BCUT2D eigenvalue weighted by Crippen LogP contribution is -2.36. The number of aryl methyl sites for hydroxylation is 1. The van der Waals surface area contributed by atoms with Crippen LogP contribution in [0.15, 0.2) is 47.3 Å². The molecule has 0 aliphatic rings. The number of nitrogens with zero attached hydrogens (tertiary/aromatic N) is 2. The Hall–Kier alpha value is -3.28. The van der Waals surface area contributed by atoms with Gasteiger partial charge in [-0.2, -0.15) is 0 Å². The van der Waals surface area contributed by atoms with E-state index in [0.717, 1.165) is 22.3 Å². The molecule has 1 amide bonds. The normalized spacial score (nSPS) is 10.8. The number of pyridine rings is 1. The Labute approximate surface area is 176 Å². The van der Waals surface area contributed by atoms with Gasteiger partial charge in [-0.1, -0.05) is 12.1 Å². The molecule has 158 valence electrons. The fourth-order valence-corrected chi connectivity index (χ4v) is 3.68. The third kappa shape index (κ3) is 4.03. The molecular weight excluding hydrogens is 380 g/mol. The van der Waals surface area contributed by atoms with Crippen LogP contribution in [-0.4, -0.2) is 42.7 Å². The standard InChI is InChI=1S/C24H28N2O4/c1-6-25(7-2)23(27)15-26-22-13-19(30-5)12-16(3)20(22)14-21(24(26)28)17-8-10-18(29-4)11-9-17/h8-14H,6-7,15H2,1-5H3. The van der Waals surface area contributed by atoms with Crippen molar-refractivity contribution in [1.82, 2.24) is 9.47 Å². The molecule has 0 aliphatic heterocycles. The van der Waals surface area contributed by atoms with E-state index in [9.17, 15) is 9.59 Å². The van der Waals surface area contributed by atoms with Crippen molar-refractivity contribution in [3.63, 3.8) is 0 Å². The van der Waals surface area contributed by atoms with Gasteiger partial charge in [0.15, 0.2) is 0 Å². The highest BCUT2D eigenvalue weighted by atomic mass is 16.5. The average molecular weight is 408 g/mol. The second kappa shape index (κ2) is 9.03. The molecule has 3 rings (SSSR count). The fourth-order valence-electron chi connectivity index (χ4n) is 3.68. The van der Waals surface area contributed by atoms with Crippen LogP contribution in [0.4, 0.5) is 0 Å². The third-order valence-corrected chi connectivity index (χ3v) is 5.44. The Morgan fingerprint density at radius 3 is 2.17 bits per heavy atom. The highest BCUT2D eigenvalue weighted by Gasteiger charge is 2.18. The van der Waals surface area contributed by atoms with Gasteiger partial charge in [-0.05, 0) is 56.2 Å². The molecule has 3 aromatic rings. The van der Waals surface area contributed by atoms with E-state index in [1.807, 2.05) is 63.2 Å². The van der Waals surface area contributed by atoms with Crippen LogP contribution in [0, 0.1) is 6.92 Å². The van der Waals surface area contributed by atoms with Crippen LogP contribution in [0.2, 0.25) is 0 Å². The zero-order chi connectivity index (χ0) is 21.8. The number of amides is 1. The van der Waals surface area contributed by atoms with Gasteiger partial charge in [0.05, 0.1) is 19.7 Å². The first-order valence-corrected chi connectivity index (χ1v) is 10.1. The predicted octanol–water partition coefficient (Wildman–Crippen LogP) is 3.86. The van der Waals surface area contributed by atoms with E-state index in [4.69, 9.17) is 9.47 Å². The molecule has 1 heterocycles. The van der Waals surface area contributed by atoms with Crippen LogP contribution in [0.3, 0.4) is 0 Å². The van der Waals surface area contributed by atoms with Crippen molar-refractivity contribution >= 4 is 16.8 Å². The van der Waals surface area contributed by atoms with Crippen molar-refractivity contribution in [3.05, 3.63) is 58.4 Å². The summed E-state index contributed by atoms with van der Waals surface area (Å²) in [7, 11) is 3.20. The first-order chi connectivity index (χ1) is 14.4. The molecule has 0 spiro atoms. The molecule has 2 aromatic carbocycles. The Balaban J connectivity index is 2.26. The van der Waals surface area contributed by atoms with Crippen molar-refractivity contribution < 1.29 is 14.3 Å². The Kier molecular flexibility index (Phi) is 6.45. The SMILES string of the molecule is CCN(CC)C(=O)Cn1c(=O)c(-c2ccc(OC)cc2)cc2c(C)cc(OC)cc21. The smallest absolute Gasteiger partial charge is 0.259 e. The zero-order valence-electron chi connectivity index (χ0n) is 18.2. The molecule has 0 saturated carbocycles. The Bertz CT molecular complexity index is 1110. The average Bonchev–Trinajstić information content (AvgIpc) is 2.76. The largest absolute Gasteiger partial charge is 0.497 e. The molecular formula is C24H28N2O4. The summed E-state index contributed by atoms with van der Waals surface area (Å²) in [5.41, 5.74) is 2.78. The topological polar surface area (TPSA) is 60.8 Å². The van der Waals surface area contributed by atoms with Gasteiger partial charge in [0.25, 0.3) is 5.56 Å². The second-order valence-electron chi connectivity index (χ2n) is 7.12. The van der Waals surface area contributed by atoms with Crippen molar-refractivity contribution in [3.8, 4) is 22.6 Å². The monoisotopic (exact) mass is 408 g/mol. The van der Waals surface area contributed by atoms with Gasteiger partial charge in [-0.3, -0.25) is 14.2 Å². The van der Waals surface area contributed by atoms with E-state index in [1.165, 1.54) is 0 Å². The number of carbonyl (C=O) groups is 1. The molecule has 0 unspecified atom stereocenters.